The third-order valence-corrected chi connectivity index (χ3v) is 4.01. The van der Waals surface area contributed by atoms with Crippen LogP contribution in [0.25, 0.3) is 0 Å². The molecule has 2 rings (SSSR count). The molecule has 18 heavy (non-hydrogen) atoms. The molecule has 0 aliphatic heterocycles. The molecule has 1 aromatic carbocycles. The number of nitrogens with one attached hydrogen (secondary N) is 1. The van der Waals surface area contributed by atoms with Crippen LogP contribution in [0, 0.1) is 11.3 Å². The summed E-state index contributed by atoms with van der Waals surface area (Å²) in [4.78, 5) is 0. The van der Waals surface area contributed by atoms with Crippen LogP contribution in [-0.2, 0) is 0 Å². The molecule has 1 fully saturated rings. The smallest absolute Gasteiger partial charge is 0.101 e. The molecule has 96 valence electrons. The lowest BCUT2D eigenvalue weighted by Gasteiger charge is -2.24. The van der Waals surface area contributed by atoms with Crippen LogP contribution in [0.4, 0.5) is 5.69 Å². The van der Waals surface area contributed by atoms with E-state index in [1.165, 1.54) is 19.3 Å². The predicted molar refractivity (Wildman–Crippen MR) is 77.3 cm³/mol. The van der Waals surface area contributed by atoms with Gasteiger partial charge >= 0.3 is 0 Å². The molecule has 1 aliphatic carbocycles. The third-order valence-electron chi connectivity index (χ3n) is 3.51. The Morgan fingerprint density at radius 3 is 2.83 bits per heavy atom. The molecular formula is C14H18BrN3. The zero-order chi connectivity index (χ0) is 13.0. The molecule has 0 radical (unpaired) electrons. The van der Waals surface area contributed by atoms with Gasteiger partial charge < -0.3 is 11.1 Å². The van der Waals surface area contributed by atoms with Gasteiger partial charge in [-0.15, -0.1) is 0 Å². The minimum Gasteiger partial charge on any atom is -0.380 e. The van der Waals surface area contributed by atoms with E-state index in [1.807, 2.05) is 18.2 Å². The molecule has 0 aromatic heterocycles. The summed E-state index contributed by atoms with van der Waals surface area (Å²) in [6, 6.07) is 8.42. The zero-order valence-electron chi connectivity index (χ0n) is 10.3. The Morgan fingerprint density at radius 2 is 2.06 bits per heavy atom. The van der Waals surface area contributed by atoms with E-state index >= 15 is 0 Å². The second-order valence-corrected chi connectivity index (χ2v) is 5.77. The van der Waals surface area contributed by atoms with E-state index < -0.39 is 0 Å². The van der Waals surface area contributed by atoms with Crippen molar-refractivity contribution in [3.8, 4) is 6.07 Å². The van der Waals surface area contributed by atoms with Gasteiger partial charge in [-0.05, 0) is 31.0 Å². The minimum atomic E-state index is 0.183. The number of hydrogen-bond acceptors (Lipinski definition) is 3. The van der Waals surface area contributed by atoms with E-state index in [-0.39, 0.29) is 12.1 Å². The number of halogens is 1. The van der Waals surface area contributed by atoms with Crippen LogP contribution >= 0.6 is 15.9 Å². The number of nitrogens with two attached hydrogens (primary N) is 1. The SMILES string of the molecule is N#Cc1cc(Br)ccc1NC1CCCCCC1N. The Bertz CT molecular complexity index is 453. The van der Waals surface area contributed by atoms with E-state index in [9.17, 15) is 0 Å². The summed E-state index contributed by atoms with van der Waals surface area (Å²) in [5.74, 6) is 0. The minimum absolute atomic E-state index is 0.183. The molecular weight excluding hydrogens is 290 g/mol. The van der Waals surface area contributed by atoms with E-state index in [2.05, 4.69) is 27.3 Å². The Kier molecular flexibility index (Phi) is 4.62. The van der Waals surface area contributed by atoms with Gasteiger partial charge in [0.2, 0.25) is 0 Å². The van der Waals surface area contributed by atoms with E-state index in [4.69, 9.17) is 11.0 Å². The van der Waals surface area contributed by atoms with Gasteiger partial charge in [0.1, 0.15) is 6.07 Å². The molecule has 1 aliphatic rings. The lowest BCUT2D eigenvalue weighted by molar-refractivity contribution is 0.528. The van der Waals surface area contributed by atoms with E-state index in [0.29, 0.717) is 5.56 Å². The summed E-state index contributed by atoms with van der Waals surface area (Å²) >= 11 is 3.38. The van der Waals surface area contributed by atoms with Gasteiger partial charge in [0.05, 0.1) is 11.3 Å². The fraction of sp³-hybridized carbons (Fsp3) is 0.500. The molecule has 2 unspecified atom stereocenters. The molecule has 1 aromatic rings. The maximum absolute atomic E-state index is 9.15. The van der Waals surface area contributed by atoms with Crippen LogP contribution < -0.4 is 11.1 Å². The standard InChI is InChI=1S/C14H18BrN3/c15-11-6-7-13(10(8-11)9-16)18-14-5-3-1-2-4-12(14)17/h6-8,12,14,18H,1-5,17H2. The molecule has 0 bridgehead atoms. The summed E-state index contributed by atoms with van der Waals surface area (Å²) in [5, 5.41) is 12.6. The van der Waals surface area contributed by atoms with Crippen LogP contribution in [-0.4, -0.2) is 12.1 Å². The van der Waals surface area contributed by atoms with Crippen molar-refractivity contribution < 1.29 is 0 Å². The third kappa shape index (κ3) is 3.24. The Labute approximate surface area is 116 Å². The lowest BCUT2D eigenvalue weighted by Crippen LogP contribution is -2.39. The van der Waals surface area contributed by atoms with Crippen molar-refractivity contribution in [2.75, 3.05) is 5.32 Å². The van der Waals surface area contributed by atoms with Gasteiger partial charge in [0.25, 0.3) is 0 Å². The molecule has 0 heterocycles. The molecule has 3 N–H and O–H groups in total. The number of benzene rings is 1. The van der Waals surface area contributed by atoms with Crippen molar-refractivity contribution in [2.45, 2.75) is 44.2 Å². The Morgan fingerprint density at radius 1 is 1.28 bits per heavy atom. The van der Waals surface area contributed by atoms with E-state index in [1.54, 1.807) is 0 Å². The average molecular weight is 308 g/mol. The average Bonchev–Trinajstić information content (AvgIpc) is 2.57. The van der Waals surface area contributed by atoms with Crippen molar-refractivity contribution in [3.05, 3.63) is 28.2 Å². The fourth-order valence-electron chi connectivity index (χ4n) is 2.45. The molecule has 1 saturated carbocycles. The first-order valence-corrected chi connectivity index (χ1v) is 7.22. The van der Waals surface area contributed by atoms with Gasteiger partial charge in [-0.25, -0.2) is 0 Å². The molecule has 0 saturated heterocycles. The highest BCUT2D eigenvalue weighted by Gasteiger charge is 2.20. The fourth-order valence-corrected chi connectivity index (χ4v) is 2.81. The first kappa shape index (κ1) is 13.4. The number of anilines is 1. The monoisotopic (exact) mass is 307 g/mol. The lowest BCUT2D eigenvalue weighted by atomic mass is 10.0. The van der Waals surface area contributed by atoms with Crippen LogP contribution in [0.3, 0.4) is 0 Å². The predicted octanol–water partition coefficient (Wildman–Crippen LogP) is 3.39. The molecule has 0 spiro atoms. The summed E-state index contributed by atoms with van der Waals surface area (Å²) in [6.07, 6.45) is 5.84. The molecule has 0 amide bonds. The largest absolute Gasteiger partial charge is 0.380 e. The Balaban J connectivity index is 2.15. The molecule has 2 atom stereocenters. The van der Waals surface area contributed by atoms with Gasteiger partial charge in [-0.3, -0.25) is 0 Å². The number of hydrogen-bond donors (Lipinski definition) is 2. The first-order valence-electron chi connectivity index (χ1n) is 6.42. The van der Waals surface area contributed by atoms with Crippen molar-refractivity contribution in [1.29, 1.82) is 5.26 Å². The number of rotatable bonds is 2. The number of nitrogens with zero attached hydrogens (tertiary/aromatic N) is 1. The topological polar surface area (TPSA) is 61.8 Å². The van der Waals surface area contributed by atoms with Crippen molar-refractivity contribution >= 4 is 21.6 Å². The van der Waals surface area contributed by atoms with Crippen molar-refractivity contribution in [3.63, 3.8) is 0 Å². The second kappa shape index (κ2) is 6.21. The highest BCUT2D eigenvalue weighted by atomic mass is 79.9. The normalized spacial score (nSPS) is 24.1. The second-order valence-electron chi connectivity index (χ2n) is 4.85. The van der Waals surface area contributed by atoms with Gasteiger partial charge in [0, 0.05) is 16.6 Å². The highest BCUT2D eigenvalue weighted by Crippen LogP contribution is 2.24. The van der Waals surface area contributed by atoms with Crippen LogP contribution in [0.5, 0.6) is 0 Å². The summed E-state index contributed by atoms with van der Waals surface area (Å²) in [5.41, 5.74) is 7.75. The number of nitriles is 1. The maximum Gasteiger partial charge on any atom is 0.101 e. The summed E-state index contributed by atoms with van der Waals surface area (Å²) < 4.78 is 0.926. The first-order chi connectivity index (χ1) is 8.70. The van der Waals surface area contributed by atoms with Crippen molar-refractivity contribution in [2.24, 2.45) is 5.73 Å². The van der Waals surface area contributed by atoms with E-state index in [0.717, 1.165) is 23.0 Å². The van der Waals surface area contributed by atoms with Gasteiger partial charge in [-0.2, -0.15) is 5.26 Å². The zero-order valence-corrected chi connectivity index (χ0v) is 11.9. The van der Waals surface area contributed by atoms with Crippen molar-refractivity contribution in [1.82, 2.24) is 0 Å². The quantitative estimate of drug-likeness (QED) is 0.823. The Hall–Kier alpha value is -1.05. The highest BCUT2D eigenvalue weighted by molar-refractivity contribution is 9.10. The van der Waals surface area contributed by atoms with Crippen LogP contribution in [0.1, 0.15) is 37.7 Å². The summed E-state index contributed by atoms with van der Waals surface area (Å²) in [6.45, 7) is 0. The summed E-state index contributed by atoms with van der Waals surface area (Å²) in [7, 11) is 0. The van der Waals surface area contributed by atoms with Crippen LogP contribution in [0.2, 0.25) is 0 Å². The molecule has 4 heteroatoms. The molecule has 3 nitrogen and oxygen atoms in total. The van der Waals surface area contributed by atoms with Gasteiger partial charge in [-0.1, -0.05) is 35.2 Å². The van der Waals surface area contributed by atoms with Crippen LogP contribution in [0.15, 0.2) is 22.7 Å². The van der Waals surface area contributed by atoms with Gasteiger partial charge in [0.15, 0.2) is 0 Å². The maximum atomic E-state index is 9.15.